The fraction of sp³-hybridized carbons (Fsp3) is 0.400. The molecule has 7 heteroatoms. The van der Waals surface area contributed by atoms with Crippen molar-refractivity contribution in [2.75, 3.05) is 20.3 Å². The molecule has 2 aromatic heterocycles. The van der Waals surface area contributed by atoms with Crippen molar-refractivity contribution < 1.29 is 9.53 Å². The number of nitrogens with one attached hydrogen (secondary N) is 2. The minimum Gasteiger partial charge on any atom is -0.383 e. The fourth-order valence-electron chi connectivity index (χ4n) is 1.36. The Morgan fingerprint density at radius 1 is 1.59 bits per heavy atom. The highest BCUT2D eigenvalue weighted by atomic mass is 32.1. The van der Waals surface area contributed by atoms with Gasteiger partial charge in [0.25, 0.3) is 0 Å². The highest BCUT2D eigenvalue weighted by Crippen LogP contribution is 2.10. The van der Waals surface area contributed by atoms with Crippen LogP contribution in [-0.4, -0.2) is 35.7 Å². The van der Waals surface area contributed by atoms with Crippen LogP contribution in [0.25, 0.3) is 4.96 Å². The summed E-state index contributed by atoms with van der Waals surface area (Å²) in [6.07, 6.45) is 3.84. The van der Waals surface area contributed by atoms with E-state index in [1.165, 1.54) is 0 Å². The zero-order valence-corrected chi connectivity index (χ0v) is 10.3. The van der Waals surface area contributed by atoms with Crippen LogP contribution in [-0.2, 0) is 11.3 Å². The molecule has 6 nitrogen and oxygen atoms in total. The molecule has 0 saturated carbocycles. The van der Waals surface area contributed by atoms with E-state index in [1.807, 2.05) is 22.2 Å². The van der Waals surface area contributed by atoms with Crippen LogP contribution in [0, 0.1) is 0 Å². The summed E-state index contributed by atoms with van der Waals surface area (Å²) in [5, 5.41) is 7.38. The highest BCUT2D eigenvalue weighted by Gasteiger charge is 2.04. The lowest BCUT2D eigenvalue weighted by Crippen LogP contribution is -2.36. The van der Waals surface area contributed by atoms with Gasteiger partial charge in [0.1, 0.15) is 0 Å². The van der Waals surface area contributed by atoms with Gasteiger partial charge < -0.3 is 15.4 Å². The van der Waals surface area contributed by atoms with Gasteiger partial charge in [0, 0.05) is 31.4 Å². The van der Waals surface area contributed by atoms with Crippen molar-refractivity contribution in [2.45, 2.75) is 6.54 Å². The van der Waals surface area contributed by atoms with Gasteiger partial charge in [0.15, 0.2) is 4.96 Å². The number of rotatable bonds is 5. The van der Waals surface area contributed by atoms with Crippen LogP contribution < -0.4 is 10.6 Å². The lowest BCUT2D eigenvalue weighted by atomic mass is 10.5. The maximum Gasteiger partial charge on any atom is 0.315 e. The van der Waals surface area contributed by atoms with E-state index in [4.69, 9.17) is 4.74 Å². The predicted molar refractivity (Wildman–Crippen MR) is 65.2 cm³/mol. The highest BCUT2D eigenvalue weighted by molar-refractivity contribution is 7.15. The second-order valence-electron chi connectivity index (χ2n) is 3.43. The van der Waals surface area contributed by atoms with Crippen molar-refractivity contribution in [1.82, 2.24) is 20.0 Å². The maximum atomic E-state index is 11.3. The number of aromatic nitrogens is 2. The first-order chi connectivity index (χ1) is 8.29. The summed E-state index contributed by atoms with van der Waals surface area (Å²) < 4.78 is 6.76. The first kappa shape index (κ1) is 11.9. The number of thiazole rings is 1. The van der Waals surface area contributed by atoms with Crippen LogP contribution in [0.2, 0.25) is 0 Å². The number of methoxy groups -OCH3 is 1. The summed E-state index contributed by atoms with van der Waals surface area (Å²) in [5.74, 6) is 0. The number of imidazole rings is 1. The predicted octanol–water partition coefficient (Wildman–Crippen LogP) is 0.841. The minimum absolute atomic E-state index is 0.210. The number of fused-ring (bicyclic) bond motifs is 1. The Hall–Kier alpha value is -1.60. The van der Waals surface area contributed by atoms with Crippen molar-refractivity contribution in [2.24, 2.45) is 0 Å². The second kappa shape index (κ2) is 5.65. The van der Waals surface area contributed by atoms with Gasteiger partial charge in [-0.1, -0.05) is 0 Å². The van der Waals surface area contributed by atoms with E-state index in [-0.39, 0.29) is 6.03 Å². The second-order valence-corrected chi connectivity index (χ2v) is 4.30. The minimum atomic E-state index is -0.210. The molecule has 2 N–H and O–H groups in total. The van der Waals surface area contributed by atoms with Crippen LogP contribution in [0.15, 0.2) is 17.8 Å². The Kier molecular flexibility index (Phi) is 3.94. The van der Waals surface area contributed by atoms with Crippen LogP contribution in [0.1, 0.15) is 5.69 Å². The molecular formula is C10H14N4O2S. The molecule has 2 aromatic rings. The van der Waals surface area contributed by atoms with E-state index < -0.39 is 0 Å². The molecule has 0 fully saturated rings. The largest absolute Gasteiger partial charge is 0.383 e. The normalized spacial score (nSPS) is 10.6. The van der Waals surface area contributed by atoms with Crippen LogP contribution in [0.4, 0.5) is 4.79 Å². The molecule has 0 aliphatic carbocycles. The van der Waals surface area contributed by atoms with E-state index in [1.54, 1.807) is 18.4 Å². The average Bonchev–Trinajstić information content (AvgIpc) is 2.86. The number of carbonyl (C=O) groups excluding carboxylic acids is 1. The Labute approximate surface area is 103 Å². The Morgan fingerprint density at radius 2 is 2.47 bits per heavy atom. The third kappa shape index (κ3) is 3.18. The molecular weight excluding hydrogens is 240 g/mol. The summed E-state index contributed by atoms with van der Waals surface area (Å²) in [5.41, 5.74) is 0.846. The van der Waals surface area contributed by atoms with Crippen LogP contribution in [0.5, 0.6) is 0 Å². The molecule has 2 amide bonds. The monoisotopic (exact) mass is 254 g/mol. The number of hydrogen-bond donors (Lipinski definition) is 2. The fourth-order valence-corrected chi connectivity index (χ4v) is 2.08. The first-order valence-corrected chi connectivity index (χ1v) is 6.09. The molecule has 0 aliphatic heterocycles. The number of hydrogen-bond acceptors (Lipinski definition) is 4. The lowest BCUT2D eigenvalue weighted by molar-refractivity contribution is 0.196. The van der Waals surface area contributed by atoms with E-state index >= 15 is 0 Å². The zero-order chi connectivity index (χ0) is 12.1. The van der Waals surface area contributed by atoms with Gasteiger partial charge >= 0.3 is 6.03 Å². The number of ether oxygens (including phenoxy) is 1. The van der Waals surface area contributed by atoms with Crippen LogP contribution >= 0.6 is 11.3 Å². The summed E-state index contributed by atoms with van der Waals surface area (Å²) in [6, 6.07) is -0.210. The number of urea groups is 1. The standard InChI is InChI=1S/C10H14N4O2S/c1-16-4-2-11-9(15)12-6-8-7-14-3-5-17-10(14)13-8/h3,5,7H,2,4,6H2,1H3,(H2,11,12,15). The Morgan fingerprint density at radius 3 is 3.24 bits per heavy atom. The third-order valence-corrected chi connectivity index (χ3v) is 2.94. The lowest BCUT2D eigenvalue weighted by Gasteiger charge is -2.05. The number of carbonyl (C=O) groups is 1. The van der Waals surface area contributed by atoms with E-state index in [0.717, 1.165) is 10.7 Å². The van der Waals surface area contributed by atoms with Crippen molar-refractivity contribution in [1.29, 1.82) is 0 Å². The van der Waals surface area contributed by atoms with Gasteiger partial charge in [-0.2, -0.15) is 0 Å². The SMILES string of the molecule is COCCNC(=O)NCc1cn2ccsc2n1. The van der Waals surface area contributed by atoms with Gasteiger partial charge in [-0.3, -0.25) is 4.40 Å². The van der Waals surface area contributed by atoms with Crippen molar-refractivity contribution in [3.05, 3.63) is 23.5 Å². The molecule has 0 aromatic carbocycles. The summed E-state index contributed by atoms with van der Waals surface area (Å²) in [7, 11) is 1.59. The van der Waals surface area contributed by atoms with Crippen molar-refractivity contribution in [3.63, 3.8) is 0 Å². The maximum absolute atomic E-state index is 11.3. The number of nitrogens with zero attached hydrogens (tertiary/aromatic N) is 2. The molecule has 0 bridgehead atoms. The van der Waals surface area contributed by atoms with E-state index in [9.17, 15) is 4.79 Å². The quantitative estimate of drug-likeness (QED) is 0.777. The Balaban J connectivity index is 1.78. The van der Waals surface area contributed by atoms with Gasteiger partial charge in [0.05, 0.1) is 18.8 Å². The van der Waals surface area contributed by atoms with E-state index in [2.05, 4.69) is 15.6 Å². The molecule has 0 unspecified atom stereocenters. The van der Waals surface area contributed by atoms with Crippen LogP contribution in [0.3, 0.4) is 0 Å². The molecule has 2 heterocycles. The number of amides is 2. The molecule has 17 heavy (non-hydrogen) atoms. The van der Waals surface area contributed by atoms with Gasteiger partial charge in [0.2, 0.25) is 0 Å². The smallest absolute Gasteiger partial charge is 0.315 e. The third-order valence-electron chi connectivity index (χ3n) is 2.16. The van der Waals surface area contributed by atoms with E-state index in [0.29, 0.717) is 19.7 Å². The molecule has 0 spiro atoms. The average molecular weight is 254 g/mol. The molecule has 0 radical (unpaired) electrons. The topological polar surface area (TPSA) is 67.7 Å². The Bertz CT molecular complexity index is 465. The molecule has 92 valence electrons. The molecule has 0 saturated heterocycles. The zero-order valence-electron chi connectivity index (χ0n) is 9.47. The first-order valence-electron chi connectivity index (χ1n) is 5.21. The van der Waals surface area contributed by atoms with Crippen molar-refractivity contribution in [3.8, 4) is 0 Å². The molecule has 0 aliphatic rings. The van der Waals surface area contributed by atoms with Gasteiger partial charge in [-0.05, 0) is 0 Å². The molecule has 2 rings (SSSR count). The van der Waals surface area contributed by atoms with Gasteiger partial charge in [-0.15, -0.1) is 11.3 Å². The molecule has 0 atom stereocenters. The van der Waals surface area contributed by atoms with Crippen molar-refractivity contribution >= 4 is 22.3 Å². The summed E-state index contributed by atoms with van der Waals surface area (Å²) in [6.45, 7) is 1.43. The summed E-state index contributed by atoms with van der Waals surface area (Å²) >= 11 is 1.57. The summed E-state index contributed by atoms with van der Waals surface area (Å²) in [4.78, 5) is 16.6. The van der Waals surface area contributed by atoms with Gasteiger partial charge in [-0.25, -0.2) is 9.78 Å².